The Labute approximate surface area is 189 Å². The fraction of sp³-hybridized carbons (Fsp3) is 0.250. The molecule has 0 radical (unpaired) electrons. The third-order valence-corrected chi connectivity index (χ3v) is 6.50. The standard InChI is InChI=1S/C24H23NO6S/c1-13-9-17(26)23(24(27)31-13)16-11-22(32-21-8-6-5-7-15(21)25-16)14-10-19(29-3)20(30-4)12-18(14)28-2/h5-10,12,22,26H,11H2,1-4H3. The normalized spacial score (nSPS) is 15.4. The van der Waals surface area contributed by atoms with E-state index in [1.165, 1.54) is 6.07 Å². The number of aliphatic imine (C=N–C) groups is 1. The molecule has 1 aromatic heterocycles. The van der Waals surface area contributed by atoms with E-state index in [1.807, 2.05) is 30.3 Å². The van der Waals surface area contributed by atoms with Gasteiger partial charge in [0, 0.05) is 34.3 Å². The summed E-state index contributed by atoms with van der Waals surface area (Å²) in [5.41, 5.74) is 1.46. The molecule has 4 rings (SSSR count). The molecular formula is C24H23NO6S. The van der Waals surface area contributed by atoms with Crippen molar-refractivity contribution in [3.8, 4) is 23.0 Å². The molecule has 0 fully saturated rings. The number of methoxy groups -OCH3 is 3. The van der Waals surface area contributed by atoms with E-state index in [2.05, 4.69) is 0 Å². The number of hydrogen-bond acceptors (Lipinski definition) is 8. The lowest BCUT2D eigenvalue weighted by molar-refractivity contribution is 0.347. The maximum absolute atomic E-state index is 12.7. The van der Waals surface area contributed by atoms with Crippen molar-refractivity contribution in [1.29, 1.82) is 0 Å². The van der Waals surface area contributed by atoms with Gasteiger partial charge in [-0.3, -0.25) is 4.99 Å². The Hall–Kier alpha value is -3.39. The molecule has 1 N–H and O–H groups in total. The minimum Gasteiger partial charge on any atom is -0.507 e. The summed E-state index contributed by atoms with van der Waals surface area (Å²) < 4.78 is 21.8. The van der Waals surface area contributed by atoms with Crippen molar-refractivity contribution in [2.24, 2.45) is 4.99 Å². The molecule has 1 atom stereocenters. The van der Waals surface area contributed by atoms with E-state index >= 15 is 0 Å². The van der Waals surface area contributed by atoms with Crippen molar-refractivity contribution in [1.82, 2.24) is 0 Å². The largest absolute Gasteiger partial charge is 0.507 e. The Kier molecular flexibility index (Phi) is 6.14. The van der Waals surface area contributed by atoms with Crippen LogP contribution >= 0.6 is 11.8 Å². The van der Waals surface area contributed by atoms with E-state index in [4.69, 9.17) is 23.6 Å². The third kappa shape index (κ3) is 4.05. The molecule has 166 valence electrons. The van der Waals surface area contributed by atoms with E-state index < -0.39 is 5.63 Å². The van der Waals surface area contributed by atoms with Gasteiger partial charge in [0.05, 0.1) is 32.7 Å². The topological polar surface area (TPSA) is 90.5 Å². The van der Waals surface area contributed by atoms with E-state index in [0.717, 1.165) is 10.5 Å². The van der Waals surface area contributed by atoms with Crippen molar-refractivity contribution < 1.29 is 23.7 Å². The predicted octanol–water partition coefficient (Wildman–Crippen LogP) is 5.04. The van der Waals surface area contributed by atoms with Gasteiger partial charge in [0.1, 0.15) is 22.8 Å². The van der Waals surface area contributed by atoms with Gasteiger partial charge in [-0.1, -0.05) is 12.1 Å². The maximum atomic E-state index is 12.7. The zero-order valence-electron chi connectivity index (χ0n) is 18.2. The van der Waals surface area contributed by atoms with Crippen LogP contribution in [0.5, 0.6) is 23.0 Å². The number of para-hydroxylation sites is 1. The lowest BCUT2D eigenvalue weighted by atomic mass is 10.0. The summed E-state index contributed by atoms with van der Waals surface area (Å²) in [4.78, 5) is 18.4. The zero-order chi connectivity index (χ0) is 22.8. The Bertz CT molecular complexity index is 1250. The molecule has 1 unspecified atom stereocenters. The van der Waals surface area contributed by atoms with E-state index in [0.29, 0.717) is 40.8 Å². The van der Waals surface area contributed by atoms with Gasteiger partial charge in [0.15, 0.2) is 11.5 Å². The Morgan fingerprint density at radius 1 is 1.03 bits per heavy atom. The van der Waals surface area contributed by atoms with Crippen LogP contribution in [0.1, 0.15) is 28.6 Å². The molecule has 7 nitrogen and oxygen atoms in total. The van der Waals surface area contributed by atoms with Crippen molar-refractivity contribution in [2.45, 2.75) is 23.5 Å². The highest BCUT2D eigenvalue weighted by Gasteiger charge is 2.29. The van der Waals surface area contributed by atoms with Gasteiger partial charge >= 0.3 is 5.63 Å². The second-order valence-electron chi connectivity index (χ2n) is 7.19. The summed E-state index contributed by atoms with van der Waals surface area (Å²) in [5, 5.41) is 10.4. The molecule has 0 spiro atoms. The van der Waals surface area contributed by atoms with Crippen LogP contribution in [0.4, 0.5) is 5.69 Å². The van der Waals surface area contributed by atoms with E-state index in [9.17, 15) is 9.90 Å². The first-order chi connectivity index (χ1) is 15.4. The molecule has 1 aliphatic heterocycles. The lowest BCUT2D eigenvalue weighted by Crippen LogP contribution is -2.17. The van der Waals surface area contributed by atoms with Gasteiger partial charge in [-0.05, 0) is 25.1 Å². The molecule has 8 heteroatoms. The van der Waals surface area contributed by atoms with Crippen LogP contribution in [0.15, 0.2) is 61.6 Å². The first-order valence-corrected chi connectivity index (χ1v) is 10.8. The number of hydrogen-bond donors (Lipinski definition) is 1. The maximum Gasteiger partial charge on any atom is 0.348 e. The van der Waals surface area contributed by atoms with Crippen LogP contribution in [-0.4, -0.2) is 32.1 Å². The average Bonchev–Trinajstić information content (AvgIpc) is 2.96. The number of rotatable bonds is 5. The molecule has 1 aliphatic rings. The Morgan fingerprint density at radius 2 is 1.72 bits per heavy atom. The van der Waals surface area contributed by atoms with Gasteiger partial charge in [-0.15, -0.1) is 11.8 Å². The second-order valence-corrected chi connectivity index (χ2v) is 8.44. The lowest BCUT2D eigenvalue weighted by Gasteiger charge is -2.21. The molecule has 0 bridgehead atoms. The first kappa shape index (κ1) is 21.8. The summed E-state index contributed by atoms with van der Waals surface area (Å²) >= 11 is 1.60. The number of fused-ring (bicyclic) bond motifs is 1. The minimum atomic E-state index is -0.622. The highest BCUT2D eigenvalue weighted by Crippen LogP contribution is 2.50. The van der Waals surface area contributed by atoms with Crippen LogP contribution in [0.25, 0.3) is 0 Å². The van der Waals surface area contributed by atoms with Crippen LogP contribution < -0.4 is 19.8 Å². The monoisotopic (exact) mass is 453 g/mol. The van der Waals surface area contributed by atoms with Crippen LogP contribution in [0.3, 0.4) is 0 Å². The molecule has 0 amide bonds. The first-order valence-electron chi connectivity index (χ1n) is 9.92. The summed E-state index contributed by atoms with van der Waals surface area (Å²) in [6.45, 7) is 1.61. The zero-order valence-corrected chi connectivity index (χ0v) is 19.0. The molecule has 2 aromatic carbocycles. The number of thioether (sulfide) groups is 1. The van der Waals surface area contributed by atoms with E-state index in [-0.39, 0.29) is 16.6 Å². The Morgan fingerprint density at radius 3 is 2.41 bits per heavy atom. The summed E-state index contributed by atoms with van der Waals surface area (Å²) in [5.74, 6) is 1.92. The molecule has 2 heterocycles. The fourth-order valence-electron chi connectivity index (χ4n) is 3.71. The van der Waals surface area contributed by atoms with Gasteiger partial charge in [0.25, 0.3) is 0 Å². The summed E-state index contributed by atoms with van der Waals surface area (Å²) in [6, 6.07) is 12.8. The molecular weight excluding hydrogens is 430 g/mol. The van der Waals surface area contributed by atoms with Gasteiger partial charge in [0.2, 0.25) is 0 Å². The Balaban J connectivity index is 1.90. The summed E-state index contributed by atoms with van der Waals surface area (Å²) in [7, 11) is 4.74. The number of aryl methyl sites for hydroxylation is 1. The molecule has 0 aliphatic carbocycles. The quantitative estimate of drug-likeness (QED) is 0.579. The van der Waals surface area contributed by atoms with E-state index in [1.54, 1.807) is 46.1 Å². The van der Waals surface area contributed by atoms with Crippen molar-refractivity contribution in [2.75, 3.05) is 21.3 Å². The third-order valence-electron chi connectivity index (χ3n) is 5.19. The van der Waals surface area contributed by atoms with Crippen molar-refractivity contribution in [3.05, 3.63) is 69.8 Å². The highest BCUT2D eigenvalue weighted by molar-refractivity contribution is 7.99. The van der Waals surface area contributed by atoms with Crippen molar-refractivity contribution >= 4 is 23.2 Å². The summed E-state index contributed by atoms with van der Waals surface area (Å²) in [6.07, 6.45) is 0.354. The van der Waals surface area contributed by atoms with Gasteiger partial charge < -0.3 is 23.7 Å². The van der Waals surface area contributed by atoms with Gasteiger partial charge in [-0.25, -0.2) is 4.79 Å². The highest BCUT2D eigenvalue weighted by atomic mass is 32.2. The molecule has 0 saturated heterocycles. The number of benzene rings is 2. The smallest absolute Gasteiger partial charge is 0.348 e. The predicted molar refractivity (Wildman–Crippen MR) is 123 cm³/mol. The number of ether oxygens (including phenoxy) is 3. The molecule has 32 heavy (non-hydrogen) atoms. The van der Waals surface area contributed by atoms with Crippen LogP contribution in [0.2, 0.25) is 0 Å². The number of aromatic hydroxyl groups is 1. The number of nitrogens with zero attached hydrogens (tertiary/aromatic N) is 1. The van der Waals surface area contributed by atoms with Crippen LogP contribution in [0, 0.1) is 6.92 Å². The minimum absolute atomic E-state index is 0.0670. The SMILES string of the molecule is COc1cc(OC)c(C2CC(c3c(O)cc(C)oc3=O)=Nc3ccccc3S2)cc1OC. The van der Waals surface area contributed by atoms with Crippen molar-refractivity contribution in [3.63, 3.8) is 0 Å². The fourth-order valence-corrected chi connectivity index (χ4v) is 4.96. The average molecular weight is 454 g/mol. The van der Waals surface area contributed by atoms with Crippen LogP contribution in [-0.2, 0) is 0 Å². The molecule has 3 aromatic rings. The molecule has 0 saturated carbocycles. The second kappa shape index (κ2) is 9.00. The van der Waals surface area contributed by atoms with Gasteiger partial charge in [-0.2, -0.15) is 0 Å².